The van der Waals surface area contributed by atoms with Gasteiger partial charge in [0, 0.05) is 18.9 Å². The van der Waals surface area contributed by atoms with Crippen molar-refractivity contribution >= 4 is 5.91 Å². The zero-order chi connectivity index (χ0) is 8.97. The fourth-order valence-electron chi connectivity index (χ4n) is 1.15. The molecule has 1 saturated carbocycles. The normalized spacial score (nSPS) is 18.0. The molecule has 2 heteroatoms. The summed E-state index contributed by atoms with van der Waals surface area (Å²) in [4.78, 5) is 11.2. The largest absolute Gasteiger partial charge is 0.353 e. The van der Waals surface area contributed by atoms with E-state index in [0.29, 0.717) is 18.8 Å². The minimum Gasteiger partial charge on any atom is -0.353 e. The second kappa shape index (κ2) is 4.15. The highest BCUT2D eigenvalue weighted by Gasteiger charge is 2.24. The number of carbonyl (C=O) groups excluding carboxylic acids is 1. The summed E-state index contributed by atoms with van der Waals surface area (Å²) in [6, 6.07) is 0.126. The summed E-state index contributed by atoms with van der Waals surface area (Å²) in [6.07, 6.45) is 8.87. The minimum absolute atomic E-state index is 0.126. The van der Waals surface area contributed by atoms with Crippen molar-refractivity contribution in [2.45, 2.75) is 38.6 Å². The van der Waals surface area contributed by atoms with Crippen molar-refractivity contribution in [3.05, 3.63) is 0 Å². The van der Waals surface area contributed by atoms with E-state index in [-0.39, 0.29) is 11.9 Å². The molecule has 0 heterocycles. The molecule has 1 amide bonds. The molecule has 2 nitrogen and oxygen atoms in total. The third-order valence-electron chi connectivity index (χ3n) is 2.00. The summed E-state index contributed by atoms with van der Waals surface area (Å²) < 4.78 is 0. The average Bonchev–Trinajstić information content (AvgIpc) is 2.71. The van der Waals surface area contributed by atoms with Gasteiger partial charge in [-0.25, -0.2) is 0 Å². The van der Waals surface area contributed by atoms with Gasteiger partial charge in [-0.1, -0.05) is 0 Å². The summed E-state index contributed by atoms with van der Waals surface area (Å²) in [5, 5.41) is 2.87. The number of amides is 1. The Balaban J connectivity index is 2.11. The van der Waals surface area contributed by atoms with Crippen molar-refractivity contribution in [3.63, 3.8) is 0 Å². The van der Waals surface area contributed by atoms with Crippen molar-refractivity contribution < 1.29 is 4.79 Å². The van der Waals surface area contributed by atoms with Crippen LogP contribution in [0.2, 0.25) is 0 Å². The molecule has 1 unspecified atom stereocenters. The zero-order valence-corrected chi connectivity index (χ0v) is 7.47. The summed E-state index contributed by atoms with van der Waals surface area (Å²) in [6.45, 7) is 1.94. The van der Waals surface area contributed by atoms with Crippen molar-refractivity contribution in [2.24, 2.45) is 5.92 Å². The first kappa shape index (κ1) is 9.12. The van der Waals surface area contributed by atoms with E-state index in [1.165, 1.54) is 12.8 Å². The predicted octanol–water partition coefficient (Wildman–Crippen LogP) is 1.31. The smallest absolute Gasteiger partial charge is 0.220 e. The van der Waals surface area contributed by atoms with E-state index in [4.69, 9.17) is 6.42 Å². The summed E-state index contributed by atoms with van der Waals surface area (Å²) in [7, 11) is 0. The minimum atomic E-state index is 0.126. The Bertz CT molecular complexity index is 200. The molecule has 0 aromatic carbocycles. The van der Waals surface area contributed by atoms with E-state index in [0.717, 1.165) is 0 Å². The third-order valence-corrected chi connectivity index (χ3v) is 2.00. The molecule has 1 N–H and O–H groups in total. The van der Waals surface area contributed by atoms with Crippen LogP contribution < -0.4 is 5.32 Å². The van der Waals surface area contributed by atoms with Crippen molar-refractivity contribution in [3.8, 4) is 12.3 Å². The fourth-order valence-corrected chi connectivity index (χ4v) is 1.15. The lowest BCUT2D eigenvalue weighted by molar-refractivity contribution is -0.122. The summed E-state index contributed by atoms with van der Waals surface area (Å²) >= 11 is 0. The lowest BCUT2D eigenvalue weighted by Crippen LogP contribution is -2.32. The molecule has 1 aliphatic rings. The van der Waals surface area contributed by atoms with Crippen LogP contribution in [0.15, 0.2) is 0 Å². The predicted molar refractivity (Wildman–Crippen MR) is 48.4 cm³/mol. The molecule has 1 aliphatic carbocycles. The van der Waals surface area contributed by atoms with Crippen LogP contribution in [-0.4, -0.2) is 11.9 Å². The first-order chi connectivity index (χ1) is 5.72. The molecule has 0 radical (unpaired) electrons. The molecule has 0 aliphatic heterocycles. The average molecular weight is 165 g/mol. The van der Waals surface area contributed by atoms with Gasteiger partial charge in [0.15, 0.2) is 0 Å². The lowest BCUT2D eigenvalue weighted by atomic mass is 10.2. The van der Waals surface area contributed by atoms with E-state index in [9.17, 15) is 4.79 Å². The second-order valence-corrected chi connectivity index (χ2v) is 3.52. The molecule has 0 aromatic heterocycles. The van der Waals surface area contributed by atoms with Crippen molar-refractivity contribution in [1.82, 2.24) is 5.32 Å². The van der Waals surface area contributed by atoms with Gasteiger partial charge in [0.2, 0.25) is 5.91 Å². The Kier molecular flexibility index (Phi) is 3.16. The zero-order valence-electron chi connectivity index (χ0n) is 7.47. The lowest BCUT2D eigenvalue weighted by Gasteiger charge is -2.09. The quantitative estimate of drug-likeness (QED) is 0.625. The highest BCUT2D eigenvalue weighted by molar-refractivity contribution is 5.76. The second-order valence-electron chi connectivity index (χ2n) is 3.52. The van der Waals surface area contributed by atoms with Gasteiger partial charge in [-0.05, 0) is 25.7 Å². The Morgan fingerprint density at radius 2 is 2.42 bits per heavy atom. The SMILES string of the molecule is C#CCC(C)NC(=O)CC1CC1. The number of rotatable bonds is 4. The van der Waals surface area contributed by atoms with Gasteiger partial charge in [0.05, 0.1) is 0 Å². The van der Waals surface area contributed by atoms with Gasteiger partial charge in [-0.3, -0.25) is 4.79 Å². The molecule has 1 atom stereocenters. The van der Waals surface area contributed by atoms with E-state index in [1.807, 2.05) is 6.92 Å². The maximum Gasteiger partial charge on any atom is 0.220 e. The number of terminal acetylenes is 1. The first-order valence-corrected chi connectivity index (χ1v) is 4.45. The maximum atomic E-state index is 11.2. The highest BCUT2D eigenvalue weighted by atomic mass is 16.1. The monoisotopic (exact) mass is 165 g/mol. The van der Waals surface area contributed by atoms with E-state index < -0.39 is 0 Å². The fraction of sp³-hybridized carbons (Fsp3) is 0.700. The molecule has 1 fully saturated rings. The van der Waals surface area contributed by atoms with E-state index in [1.54, 1.807) is 0 Å². The van der Waals surface area contributed by atoms with Crippen molar-refractivity contribution in [2.75, 3.05) is 0 Å². The first-order valence-electron chi connectivity index (χ1n) is 4.45. The molecule has 0 bridgehead atoms. The van der Waals surface area contributed by atoms with Crippen LogP contribution in [-0.2, 0) is 4.79 Å². The van der Waals surface area contributed by atoms with E-state index >= 15 is 0 Å². The van der Waals surface area contributed by atoms with Gasteiger partial charge in [0.25, 0.3) is 0 Å². The Hall–Kier alpha value is -0.970. The van der Waals surface area contributed by atoms with Crippen LogP contribution in [0.1, 0.15) is 32.6 Å². The molecular formula is C10H15NO. The van der Waals surface area contributed by atoms with Crippen LogP contribution >= 0.6 is 0 Å². The summed E-state index contributed by atoms with van der Waals surface area (Å²) in [5.74, 6) is 3.34. The van der Waals surface area contributed by atoms with Gasteiger partial charge >= 0.3 is 0 Å². The topological polar surface area (TPSA) is 29.1 Å². The van der Waals surface area contributed by atoms with Crippen LogP contribution in [0.3, 0.4) is 0 Å². The van der Waals surface area contributed by atoms with Crippen LogP contribution in [0.25, 0.3) is 0 Å². The standard InChI is InChI=1S/C10H15NO/c1-3-4-8(2)11-10(12)7-9-5-6-9/h1,8-9H,4-7H2,2H3,(H,11,12). The molecule has 66 valence electrons. The number of hydrogen-bond acceptors (Lipinski definition) is 1. The number of carbonyl (C=O) groups is 1. The molecule has 0 saturated heterocycles. The van der Waals surface area contributed by atoms with Crippen LogP contribution in [0, 0.1) is 18.3 Å². The third kappa shape index (κ3) is 3.43. The van der Waals surface area contributed by atoms with Crippen LogP contribution in [0.4, 0.5) is 0 Å². The molecule has 0 aromatic rings. The Labute approximate surface area is 73.7 Å². The molecule has 12 heavy (non-hydrogen) atoms. The van der Waals surface area contributed by atoms with Crippen molar-refractivity contribution in [1.29, 1.82) is 0 Å². The number of nitrogens with one attached hydrogen (secondary N) is 1. The maximum absolute atomic E-state index is 11.2. The van der Waals surface area contributed by atoms with Gasteiger partial charge in [0.1, 0.15) is 0 Å². The van der Waals surface area contributed by atoms with Crippen LogP contribution in [0.5, 0.6) is 0 Å². The van der Waals surface area contributed by atoms with E-state index in [2.05, 4.69) is 11.2 Å². The van der Waals surface area contributed by atoms with Gasteiger partial charge < -0.3 is 5.32 Å². The molecule has 1 rings (SSSR count). The highest BCUT2D eigenvalue weighted by Crippen LogP contribution is 2.32. The Morgan fingerprint density at radius 1 is 1.75 bits per heavy atom. The summed E-state index contributed by atoms with van der Waals surface area (Å²) in [5.41, 5.74) is 0. The Morgan fingerprint density at radius 3 is 2.92 bits per heavy atom. The molecule has 0 spiro atoms. The van der Waals surface area contributed by atoms with Gasteiger partial charge in [-0.15, -0.1) is 12.3 Å². The van der Waals surface area contributed by atoms with Gasteiger partial charge in [-0.2, -0.15) is 0 Å². The number of hydrogen-bond donors (Lipinski definition) is 1. The molecular weight excluding hydrogens is 150 g/mol.